The second kappa shape index (κ2) is 7.83. The number of carbonyl (C=O) groups is 1. The largest absolute Gasteiger partial charge is 0.471 e. The van der Waals surface area contributed by atoms with Gasteiger partial charge < -0.3 is 15.4 Å². The number of hydrogen-bond donors (Lipinski definition) is 2. The molecule has 1 aromatic carbocycles. The number of ether oxygens (including phenoxy) is 1. The van der Waals surface area contributed by atoms with E-state index < -0.39 is 12.3 Å². The standard InChI is InChI=1S/C17H20ClN3O2/c1-11(2)13-7-4-5-9-15(13)23-12(3)20-17(22)21-14-8-6-10-19-16(14)18/h4-12H,1-3H3,(H2,20,21,22). The van der Waals surface area contributed by atoms with Gasteiger partial charge in [0.05, 0.1) is 5.69 Å². The summed E-state index contributed by atoms with van der Waals surface area (Å²) >= 11 is 5.91. The van der Waals surface area contributed by atoms with Gasteiger partial charge in [-0.05, 0) is 36.6 Å². The number of aromatic nitrogens is 1. The molecule has 2 N–H and O–H groups in total. The zero-order chi connectivity index (χ0) is 16.8. The molecule has 0 bridgehead atoms. The normalized spacial score (nSPS) is 11.9. The lowest BCUT2D eigenvalue weighted by atomic mass is 10.0. The van der Waals surface area contributed by atoms with Gasteiger partial charge in [-0.15, -0.1) is 0 Å². The number of anilines is 1. The number of nitrogens with zero attached hydrogens (tertiary/aromatic N) is 1. The second-order valence-electron chi connectivity index (χ2n) is 5.39. The van der Waals surface area contributed by atoms with Crippen LogP contribution in [0.15, 0.2) is 42.6 Å². The molecule has 0 fully saturated rings. The van der Waals surface area contributed by atoms with Crippen molar-refractivity contribution in [1.82, 2.24) is 10.3 Å². The summed E-state index contributed by atoms with van der Waals surface area (Å²) in [5, 5.41) is 5.59. The summed E-state index contributed by atoms with van der Waals surface area (Å²) < 4.78 is 5.82. The Balaban J connectivity index is 1.96. The van der Waals surface area contributed by atoms with Crippen molar-refractivity contribution >= 4 is 23.3 Å². The Bertz CT molecular complexity index is 676. The number of carbonyl (C=O) groups excluding carboxylic acids is 1. The van der Waals surface area contributed by atoms with Gasteiger partial charge in [0.1, 0.15) is 5.75 Å². The summed E-state index contributed by atoms with van der Waals surface area (Å²) in [6.07, 6.45) is 1.06. The molecule has 0 saturated heterocycles. The molecule has 23 heavy (non-hydrogen) atoms. The monoisotopic (exact) mass is 333 g/mol. The molecule has 1 aromatic heterocycles. The number of hydrogen-bond acceptors (Lipinski definition) is 3. The number of nitrogens with one attached hydrogen (secondary N) is 2. The predicted molar refractivity (Wildman–Crippen MR) is 92.0 cm³/mol. The molecule has 2 rings (SSSR count). The quantitative estimate of drug-likeness (QED) is 0.629. The molecule has 6 heteroatoms. The third-order valence-electron chi connectivity index (χ3n) is 3.19. The van der Waals surface area contributed by atoms with Crippen LogP contribution in [0.4, 0.5) is 10.5 Å². The van der Waals surface area contributed by atoms with Gasteiger partial charge in [0.25, 0.3) is 0 Å². The molecular weight excluding hydrogens is 314 g/mol. The van der Waals surface area contributed by atoms with Gasteiger partial charge in [-0.1, -0.05) is 43.6 Å². The minimum atomic E-state index is -0.495. The van der Waals surface area contributed by atoms with Crippen LogP contribution in [0.5, 0.6) is 5.75 Å². The number of amides is 2. The molecule has 0 saturated carbocycles. The number of para-hydroxylation sites is 1. The van der Waals surface area contributed by atoms with Crippen LogP contribution in [0.3, 0.4) is 0 Å². The highest BCUT2D eigenvalue weighted by Gasteiger charge is 2.13. The molecule has 1 heterocycles. The Labute approximate surface area is 141 Å². The first-order chi connectivity index (χ1) is 11.0. The van der Waals surface area contributed by atoms with Crippen molar-refractivity contribution < 1.29 is 9.53 Å². The Kier molecular flexibility index (Phi) is 5.82. The zero-order valence-corrected chi connectivity index (χ0v) is 14.1. The van der Waals surface area contributed by atoms with Gasteiger partial charge in [0.2, 0.25) is 0 Å². The van der Waals surface area contributed by atoms with Gasteiger partial charge >= 0.3 is 6.03 Å². The van der Waals surface area contributed by atoms with Crippen LogP contribution in [0.25, 0.3) is 0 Å². The van der Waals surface area contributed by atoms with Crippen LogP contribution in [-0.4, -0.2) is 17.2 Å². The maximum Gasteiger partial charge on any atom is 0.322 e. The third-order valence-corrected chi connectivity index (χ3v) is 3.49. The van der Waals surface area contributed by atoms with Gasteiger partial charge in [-0.2, -0.15) is 0 Å². The van der Waals surface area contributed by atoms with E-state index in [2.05, 4.69) is 29.5 Å². The zero-order valence-electron chi connectivity index (χ0n) is 13.3. The number of urea groups is 1. The average molecular weight is 334 g/mol. The topological polar surface area (TPSA) is 63.2 Å². The van der Waals surface area contributed by atoms with Crippen LogP contribution in [-0.2, 0) is 0 Å². The summed E-state index contributed by atoms with van der Waals surface area (Å²) in [5.74, 6) is 1.09. The maximum absolute atomic E-state index is 12.0. The molecule has 5 nitrogen and oxygen atoms in total. The fourth-order valence-electron chi connectivity index (χ4n) is 2.11. The predicted octanol–water partition coefficient (Wildman–Crippen LogP) is 4.40. The molecule has 1 unspecified atom stereocenters. The van der Waals surface area contributed by atoms with Crippen LogP contribution in [0.2, 0.25) is 5.15 Å². The minimum Gasteiger partial charge on any atom is -0.471 e. The number of halogens is 1. The lowest BCUT2D eigenvalue weighted by Crippen LogP contribution is -2.39. The van der Waals surface area contributed by atoms with Gasteiger partial charge in [-0.3, -0.25) is 0 Å². The van der Waals surface area contributed by atoms with Crippen molar-refractivity contribution in [3.05, 3.63) is 53.3 Å². The molecule has 0 aliphatic rings. The van der Waals surface area contributed by atoms with Crippen molar-refractivity contribution in [2.75, 3.05) is 5.32 Å². The third kappa shape index (κ3) is 4.86. The fourth-order valence-corrected chi connectivity index (χ4v) is 2.27. The smallest absolute Gasteiger partial charge is 0.322 e. The van der Waals surface area contributed by atoms with E-state index >= 15 is 0 Å². The van der Waals surface area contributed by atoms with Crippen LogP contribution in [0.1, 0.15) is 32.3 Å². The summed E-state index contributed by atoms with van der Waals surface area (Å²) in [7, 11) is 0. The van der Waals surface area contributed by atoms with Crippen molar-refractivity contribution in [3.63, 3.8) is 0 Å². The van der Waals surface area contributed by atoms with E-state index in [0.29, 0.717) is 11.6 Å². The van der Waals surface area contributed by atoms with Gasteiger partial charge in [0, 0.05) is 6.20 Å². The number of rotatable bonds is 5. The van der Waals surface area contributed by atoms with Crippen molar-refractivity contribution in [2.45, 2.75) is 32.9 Å². The molecular formula is C17H20ClN3O2. The average Bonchev–Trinajstić information content (AvgIpc) is 2.49. The maximum atomic E-state index is 12.0. The first kappa shape index (κ1) is 17.1. The van der Waals surface area contributed by atoms with E-state index in [1.54, 1.807) is 25.3 Å². The first-order valence-electron chi connectivity index (χ1n) is 7.41. The highest BCUT2D eigenvalue weighted by Crippen LogP contribution is 2.26. The highest BCUT2D eigenvalue weighted by atomic mass is 35.5. The van der Waals surface area contributed by atoms with E-state index in [9.17, 15) is 4.79 Å². The van der Waals surface area contributed by atoms with E-state index in [0.717, 1.165) is 11.3 Å². The second-order valence-corrected chi connectivity index (χ2v) is 5.75. The highest BCUT2D eigenvalue weighted by molar-refractivity contribution is 6.32. The summed E-state index contributed by atoms with van der Waals surface area (Å²) in [6.45, 7) is 5.95. The fraction of sp³-hybridized carbons (Fsp3) is 0.294. The lowest BCUT2D eigenvalue weighted by molar-refractivity contribution is 0.181. The van der Waals surface area contributed by atoms with Gasteiger partial charge in [0.15, 0.2) is 11.4 Å². The van der Waals surface area contributed by atoms with E-state index in [1.807, 2.05) is 24.3 Å². The first-order valence-corrected chi connectivity index (χ1v) is 7.78. The minimum absolute atomic E-state index is 0.237. The Morgan fingerprint density at radius 3 is 2.61 bits per heavy atom. The van der Waals surface area contributed by atoms with Crippen LogP contribution >= 0.6 is 11.6 Å². The molecule has 0 radical (unpaired) electrons. The Hall–Kier alpha value is -2.27. The molecule has 122 valence electrons. The molecule has 0 aliphatic carbocycles. The number of benzene rings is 1. The van der Waals surface area contributed by atoms with E-state index in [1.165, 1.54) is 0 Å². The summed E-state index contributed by atoms with van der Waals surface area (Å²) in [5.41, 5.74) is 1.54. The summed E-state index contributed by atoms with van der Waals surface area (Å²) in [6, 6.07) is 10.7. The lowest BCUT2D eigenvalue weighted by Gasteiger charge is -2.20. The molecule has 1 atom stereocenters. The molecule has 0 spiro atoms. The Morgan fingerprint density at radius 1 is 1.17 bits per heavy atom. The van der Waals surface area contributed by atoms with E-state index in [-0.39, 0.29) is 5.15 Å². The van der Waals surface area contributed by atoms with Crippen molar-refractivity contribution in [1.29, 1.82) is 0 Å². The van der Waals surface area contributed by atoms with Crippen LogP contribution < -0.4 is 15.4 Å². The van der Waals surface area contributed by atoms with Crippen molar-refractivity contribution in [2.24, 2.45) is 0 Å². The van der Waals surface area contributed by atoms with Gasteiger partial charge in [-0.25, -0.2) is 9.78 Å². The van der Waals surface area contributed by atoms with E-state index in [4.69, 9.17) is 16.3 Å². The van der Waals surface area contributed by atoms with Crippen molar-refractivity contribution in [3.8, 4) is 5.75 Å². The molecule has 0 aliphatic heterocycles. The Morgan fingerprint density at radius 2 is 1.91 bits per heavy atom. The number of pyridine rings is 1. The molecule has 2 aromatic rings. The van der Waals surface area contributed by atoms with Crippen LogP contribution in [0, 0.1) is 0 Å². The summed E-state index contributed by atoms with van der Waals surface area (Å²) in [4.78, 5) is 15.9. The SMILES string of the molecule is CC(NC(=O)Nc1cccnc1Cl)Oc1ccccc1C(C)C. The molecule has 2 amide bonds.